The molecule has 1 rings (SSSR count). The molecule has 0 N–H and O–H groups in total. The van der Waals surface area contributed by atoms with Gasteiger partial charge in [-0.25, -0.2) is 0 Å². The summed E-state index contributed by atoms with van der Waals surface area (Å²) in [5.41, 5.74) is 6.48. The van der Waals surface area contributed by atoms with E-state index in [1.54, 1.807) is 22.3 Å². The molecule has 0 fully saturated rings. The molecule has 0 radical (unpaired) electrons. The van der Waals surface area contributed by atoms with Gasteiger partial charge in [0, 0.05) is 0 Å². The smallest absolute Gasteiger partial charge is 0.0254 e. The van der Waals surface area contributed by atoms with Crippen molar-refractivity contribution in [3.05, 3.63) is 22.3 Å². The molecular weight excluding hydrogens is 168 g/mol. The van der Waals surface area contributed by atoms with Crippen LogP contribution in [0.15, 0.2) is 22.3 Å². The average molecular weight is 192 g/mol. The quantitative estimate of drug-likeness (QED) is 0.593. The van der Waals surface area contributed by atoms with Gasteiger partial charge in [-0.15, -0.1) is 0 Å². The Morgan fingerprint density at radius 1 is 0.714 bits per heavy atom. The lowest BCUT2D eigenvalue weighted by Gasteiger charge is -2.27. The fourth-order valence-corrected chi connectivity index (χ4v) is 2.57. The number of rotatable bonds is 2. The fourth-order valence-electron chi connectivity index (χ4n) is 2.57. The Labute approximate surface area is 89.1 Å². The zero-order valence-corrected chi connectivity index (χ0v) is 10.6. The lowest BCUT2D eigenvalue weighted by Crippen LogP contribution is -2.10. The second-order valence-electron chi connectivity index (χ2n) is 5.11. The lowest BCUT2D eigenvalue weighted by atomic mass is 9.79. The third-order valence-corrected chi connectivity index (χ3v) is 3.58. The molecule has 0 saturated carbocycles. The summed E-state index contributed by atoms with van der Waals surface area (Å²) < 4.78 is 0. The van der Waals surface area contributed by atoms with Gasteiger partial charge in [0.2, 0.25) is 0 Å². The van der Waals surface area contributed by atoms with E-state index in [0.717, 1.165) is 11.8 Å². The summed E-state index contributed by atoms with van der Waals surface area (Å²) >= 11 is 0. The summed E-state index contributed by atoms with van der Waals surface area (Å²) in [5, 5.41) is 0. The van der Waals surface area contributed by atoms with Gasteiger partial charge in [0.15, 0.2) is 0 Å². The van der Waals surface area contributed by atoms with Crippen molar-refractivity contribution in [3.8, 4) is 0 Å². The van der Waals surface area contributed by atoms with Crippen LogP contribution in [0.5, 0.6) is 0 Å². The minimum Gasteiger partial charge on any atom is -0.0642 e. The SMILES string of the molecule is CC1=C(C(C)C)CCC(C(C)C)=C1C. The van der Waals surface area contributed by atoms with Crippen LogP contribution in [0.1, 0.15) is 54.4 Å². The Kier molecular flexibility index (Phi) is 3.58. The molecule has 0 bridgehead atoms. The van der Waals surface area contributed by atoms with Crippen LogP contribution < -0.4 is 0 Å². The van der Waals surface area contributed by atoms with Gasteiger partial charge in [0.1, 0.15) is 0 Å². The minimum atomic E-state index is 0.721. The van der Waals surface area contributed by atoms with Crippen molar-refractivity contribution in [3.63, 3.8) is 0 Å². The molecule has 1 aliphatic carbocycles. The molecule has 0 heterocycles. The summed E-state index contributed by atoms with van der Waals surface area (Å²) in [6, 6.07) is 0. The normalized spacial score (nSPS) is 18.9. The molecule has 0 aromatic rings. The van der Waals surface area contributed by atoms with Crippen molar-refractivity contribution in [1.29, 1.82) is 0 Å². The number of hydrogen-bond donors (Lipinski definition) is 0. The molecule has 1 aliphatic rings. The highest BCUT2D eigenvalue weighted by Gasteiger charge is 2.19. The van der Waals surface area contributed by atoms with E-state index in [-0.39, 0.29) is 0 Å². The summed E-state index contributed by atoms with van der Waals surface area (Å²) in [4.78, 5) is 0. The van der Waals surface area contributed by atoms with E-state index in [2.05, 4.69) is 41.5 Å². The fraction of sp³-hybridized carbons (Fsp3) is 0.714. The van der Waals surface area contributed by atoms with Gasteiger partial charge in [0.25, 0.3) is 0 Å². The first-order chi connectivity index (χ1) is 6.45. The van der Waals surface area contributed by atoms with Crippen molar-refractivity contribution in [2.45, 2.75) is 54.4 Å². The Hall–Kier alpha value is -0.520. The van der Waals surface area contributed by atoms with Crippen molar-refractivity contribution in [2.24, 2.45) is 11.8 Å². The van der Waals surface area contributed by atoms with E-state index in [9.17, 15) is 0 Å². The first-order valence-corrected chi connectivity index (χ1v) is 5.84. The standard InChI is InChI=1S/C14H24/c1-9(2)13-7-8-14(10(3)4)12(6)11(13)5/h9-10H,7-8H2,1-6H3. The highest BCUT2D eigenvalue weighted by Crippen LogP contribution is 2.36. The summed E-state index contributed by atoms with van der Waals surface area (Å²) in [6.07, 6.45) is 2.57. The van der Waals surface area contributed by atoms with Crippen LogP contribution in [0.3, 0.4) is 0 Å². The second kappa shape index (κ2) is 4.33. The van der Waals surface area contributed by atoms with Gasteiger partial charge < -0.3 is 0 Å². The molecule has 0 atom stereocenters. The van der Waals surface area contributed by atoms with E-state index >= 15 is 0 Å². The average Bonchev–Trinajstić information content (AvgIpc) is 2.08. The van der Waals surface area contributed by atoms with Gasteiger partial charge in [-0.05, 0) is 49.7 Å². The molecule has 0 aromatic heterocycles. The maximum Gasteiger partial charge on any atom is -0.0254 e. The molecule has 0 heteroatoms. The molecule has 0 nitrogen and oxygen atoms in total. The highest BCUT2D eigenvalue weighted by atomic mass is 14.2. The predicted octanol–water partition coefficient (Wildman–Crippen LogP) is 4.73. The maximum atomic E-state index is 2.31. The molecule has 0 saturated heterocycles. The van der Waals surface area contributed by atoms with E-state index in [1.165, 1.54) is 12.8 Å². The van der Waals surface area contributed by atoms with Crippen molar-refractivity contribution in [2.75, 3.05) is 0 Å². The van der Waals surface area contributed by atoms with Crippen LogP contribution in [-0.4, -0.2) is 0 Å². The predicted molar refractivity (Wildman–Crippen MR) is 64.3 cm³/mol. The third-order valence-electron chi connectivity index (χ3n) is 3.58. The molecule has 14 heavy (non-hydrogen) atoms. The second-order valence-corrected chi connectivity index (χ2v) is 5.11. The zero-order valence-electron chi connectivity index (χ0n) is 10.6. The molecule has 0 amide bonds. The molecule has 0 spiro atoms. The molecule has 0 aromatic carbocycles. The van der Waals surface area contributed by atoms with Crippen LogP contribution >= 0.6 is 0 Å². The van der Waals surface area contributed by atoms with Gasteiger partial charge in [0.05, 0.1) is 0 Å². The molecule has 80 valence electrons. The van der Waals surface area contributed by atoms with E-state index in [1.807, 2.05) is 0 Å². The van der Waals surface area contributed by atoms with Gasteiger partial charge in [-0.3, -0.25) is 0 Å². The van der Waals surface area contributed by atoms with Crippen molar-refractivity contribution in [1.82, 2.24) is 0 Å². The first kappa shape index (κ1) is 11.6. The minimum absolute atomic E-state index is 0.721. The van der Waals surface area contributed by atoms with Gasteiger partial charge >= 0.3 is 0 Å². The Bertz CT molecular complexity index is 244. The van der Waals surface area contributed by atoms with Crippen LogP contribution in [0.2, 0.25) is 0 Å². The maximum absolute atomic E-state index is 2.31. The van der Waals surface area contributed by atoms with Crippen LogP contribution in [0, 0.1) is 11.8 Å². The van der Waals surface area contributed by atoms with E-state index in [0.29, 0.717) is 0 Å². The highest BCUT2D eigenvalue weighted by molar-refractivity contribution is 5.41. The van der Waals surface area contributed by atoms with E-state index < -0.39 is 0 Å². The third kappa shape index (κ3) is 2.10. The first-order valence-electron chi connectivity index (χ1n) is 5.84. The zero-order chi connectivity index (χ0) is 10.9. The van der Waals surface area contributed by atoms with E-state index in [4.69, 9.17) is 0 Å². The Balaban J connectivity index is 3.07. The summed E-state index contributed by atoms with van der Waals surface area (Å²) in [5.74, 6) is 1.44. The van der Waals surface area contributed by atoms with Gasteiger partial charge in [-0.2, -0.15) is 0 Å². The number of allylic oxidation sites excluding steroid dienone is 4. The van der Waals surface area contributed by atoms with Gasteiger partial charge in [-0.1, -0.05) is 38.8 Å². The molecular formula is C14H24. The topological polar surface area (TPSA) is 0 Å². The summed E-state index contributed by atoms with van der Waals surface area (Å²) in [6.45, 7) is 13.8. The van der Waals surface area contributed by atoms with Crippen LogP contribution in [0.25, 0.3) is 0 Å². The van der Waals surface area contributed by atoms with Crippen molar-refractivity contribution >= 4 is 0 Å². The lowest BCUT2D eigenvalue weighted by molar-refractivity contribution is 0.632. The largest absolute Gasteiger partial charge is 0.0642 e. The molecule has 0 unspecified atom stereocenters. The van der Waals surface area contributed by atoms with Crippen LogP contribution in [0.4, 0.5) is 0 Å². The number of hydrogen-bond acceptors (Lipinski definition) is 0. The van der Waals surface area contributed by atoms with Crippen molar-refractivity contribution < 1.29 is 0 Å². The van der Waals surface area contributed by atoms with Crippen LogP contribution in [-0.2, 0) is 0 Å². The summed E-state index contributed by atoms with van der Waals surface area (Å²) in [7, 11) is 0. The molecule has 0 aliphatic heterocycles. The monoisotopic (exact) mass is 192 g/mol. The Morgan fingerprint density at radius 2 is 1.00 bits per heavy atom. The Morgan fingerprint density at radius 3 is 1.21 bits per heavy atom.